The summed E-state index contributed by atoms with van der Waals surface area (Å²) >= 11 is 0. The van der Waals surface area contributed by atoms with Crippen LogP contribution < -0.4 is 16.0 Å². The summed E-state index contributed by atoms with van der Waals surface area (Å²) in [5, 5.41) is 4.40. The first-order chi connectivity index (χ1) is 12.2. The molecule has 2 aromatic heterocycles. The quantitative estimate of drug-likeness (QED) is 0.760. The number of hydrogen-bond donors (Lipinski definition) is 2. The molecule has 3 heterocycles. The maximum Gasteiger partial charge on any atom is 0.159 e. The van der Waals surface area contributed by atoms with Crippen LogP contribution >= 0.6 is 0 Å². The maximum absolute atomic E-state index is 6.42. The lowest BCUT2D eigenvalue weighted by Gasteiger charge is -2.35. The van der Waals surface area contributed by atoms with Crippen LogP contribution in [0.5, 0.6) is 0 Å². The average Bonchev–Trinajstić information content (AvgIpc) is 2.64. The lowest BCUT2D eigenvalue weighted by molar-refractivity contribution is 0.481. The molecule has 1 aliphatic rings. The van der Waals surface area contributed by atoms with Crippen molar-refractivity contribution in [2.45, 2.75) is 32.2 Å². The molecule has 6 nitrogen and oxygen atoms in total. The Bertz CT molecular complexity index is 889. The standard InChI is InChI=1S/C19H22N6/c1-13-6-2-3-11-25(13)19-17(20)18(22-12-23-19)24-16-9-4-8-15-14(16)7-5-10-21-15/h4-5,7-10,12-13H,2-3,6,11,20H2,1H3,(H,22,23,24). The van der Waals surface area contributed by atoms with Gasteiger partial charge in [0, 0.05) is 29.9 Å². The fourth-order valence-corrected chi connectivity index (χ4v) is 3.47. The van der Waals surface area contributed by atoms with Gasteiger partial charge in [-0.15, -0.1) is 0 Å². The Balaban J connectivity index is 1.70. The van der Waals surface area contributed by atoms with Crippen LogP contribution in [0.15, 0.2) is 42.9 Å². The van der Waals surface area contributed by atoms with Crippen LogP contribution in [0.3, 0.4) is 0 Å². The SMILES string of the molecule is CC1CCCCN1c1ncnc(Nc2cccc3ncccc23)c1N. The number of nitrogen functional groups attached to an aromatic ring is 1. The van der Waals surface area contributed by atoms with E-state index in [1.54, 1.807) is 12.5 Å². The molecular weight excluding hydrogens is 312 g/mol. The molecule has 0 bridgehead atoms. The number of pyridine rings is 1. The molecule has 128 valence electrons. The van der Waals surface area contributed by atoms with Gasteiger partial charge in [0.1, 0.15) is 12.0 Å². The van der Waals surface area contributed by atoms with Crippen LogP contribution in [-0.2, 0) is 0 Å². The smallest absolute Gasteiger partial charge is 0.159 e. The molecule has 1 unspecified atom stereocenters. The van der Waals surface area contributed by atoms with Gasteiger partial charge in [-0.25, -0.2) is 9.97 Å². The summed E-state index contributed by atoms with van der Waals surface area (Å²) in [5.41, 5.74) is 8.89. The van der Waals surface area contributed by atoms with Gasteiger partial charge in [0.2, 0.25) is 0 Å². The van der Waals surface area contributed by atoms with Crippen molar-refractivity contribution in [2.24, 2.45) is 0 Å². The van der Waals surface area contributed by atoms with Crippen molar-refractivity contribution in [2.75, 3.05) is 22.5 Å². The highest BCUT2D eigenvalue weighted by Gasteiger charge is 2.23. The van der Waals surface area contributed by atoms with Gasteiger partial charge in [-0.1, -0.05) is 6.07 Å². The predicted molar refractivity (Wildman–Crippen MR) is 102 cm³/mol. The Morgan fingerprint density at radius 3 is 2.92 bits per heavy atom. The van der Waals surface area contributed by atoms with Crippen molar-refractivity contribution >= 4 is 33.9 Å². The van der Waals surface area contributed by atoms with Gasteiger partial charge in [0.05, 0.1) is 5.52 Å². The Hall–Kier alpha value is -2.89. The molecule has 3 aromatic rings. The summed E-state index contributed by atoms with van der Waals surface area (Å²) < 4.78 is 0. The lowest BCUT2D eigenvalue weighted by atomic mass is 10.0. The topological polar surface area (TPSA) is 80.0 Å². The van der Waals surface area contributed by atoms with Crippen LogP contribution in [-0.4, -0.2) is 27.5 Å². The van der Waals surface area contributed by atoms with Gasteiger partial charge in [-0.05, 0) is 50.5 Å². The van der Waals surface area contributed by atoms with Gasteiger partial charge in [0.25, 0.3) is 0 Å². The maximum atomic E-state index is 6.42. The molecule has 0 aliphatic carbocycles. The van der Waals surface area contributed by atoms with Gasteiger partial charge >= 0.3 is 0 Å². The molecule has 25 heavy (non-hydrogen) atoms. The van der Waals surface area contributed by atoms with Crippen LogP contribution in [0.1, 0.15) is 26.2 Å². The molecule has 1 saturated heterocycles. The number of aromatic nitrogens is 3. The fraction of sp³-hybridized carbons (Fsp3) is 0.316. The highest BCUT2D eigenvalue weighted by molar-refractivity contribution is 5.94. The second-order valence-corrected chi connectivity index (χ2v) is 6.50. The molecule has 6 heteroatoms. The number of rotatable bonds is 3. The largest absolute Gasteiger partial charge is 0.393 e. The predicted octanol–water partition coefficient (Wildman–Crippen LogP) is 3.73. The zero-order valence-corrected chi connectivity index (χ0v) is 14.3. The van der Waals surface area contributed by atoms with Gasteiger partial charge in [-0.2, -0.15) is 0 Å². The first kappa shape index (κ1) is 15.6. The Morgan fingerprint density at radius 1 is 1.12 bits per heavy atom. The zero-order chi connectivity index (χ0) is 17.2. The van der Waals surface area contributed by atoms with Crippen molar-refractivity contribution in [3.05, 3.63) is 42.9 Å². The molecule has 1 aromatic carbocycles. The summed E-state index contributed by atoms with van der Waals surface area (Å²) in [7, 11) is 0. The first-order valence-corrected chi connectivity index (χ1v) is 8.72. The molecule has 1 atom stereocenters. The molecule has 1 fully saturated rings. The molecule has 0 radical (unpaired) electrons. The number of anilines is 4. The van der Waals surface area contributed by atoms with E-state index in [1.165, 1.54) is 19.3 Å². The van der Waals surface area contributed by atoms with Crippen LogP contribution in [0.2, 0.25) is 0 Å². The van der Waals surface area contributed by atoms with Crippen molar-refractivity contribution in [1.29, 1.82) is 0 Å². The number of nitrogens with zero attached hydrogens (tertiary/aromatic N) is 4. The Kier molecular flexibility index (Phi) is 4.09. The van der Waals surface area contributed by atoms with Crippen molar-refractivity contribution in [3.8, 4) is 0 Å². The van der Waals surface area contributed by atoms with Crippen molar-refractivity contribution < 1.29 is 0 Å². The summed E-state index contributed by atoms with van der Waals surface area (Å²) in [6.45, 7) is 3.21. The summed E-state index contributed by atoms with van der Waals surface area (Å²) in [6.07, 6.45) is 6.98. The third kappa shape index (κ3) is 2.95. The Morgan fingerprint density at radius 2 is 2.04 bits per heavy atom. The molecule has 0 amide bonds. The zero-order valence-electron chi connectivity index (χ0n) is 14.3. The minimum atomic E-state index is 0.445. The molecule has 0 spiro atoms. The second kappa shape index (κ2) is 6.55. The fourth-order valence-electron chi connectivity index (χ4n) is 3.47. The monoisotopic (exact) mass is 334 g/mol. The van der Waals surface area contributed by atoms with Crippen LogP contribution in [0, 0.1) is 0 Å². The molecule has 1 aliphatic heterocycles. The van der Waals surface area contributed by atoms with Gasteiger partial charge in [-0.3, -0.25) is 4.98 Å². The normalized spacial score (nSPS) is 17.6. The van der Waals surface area contributed by atoms with Gasteiger partial charge in [0.15, 0.2) is 11.6 Å². The van der Waals surface area contributed by atoms with E-state index in [0.29, 0.717) is 17.5 Å². The number of benzene rings is 1. The average molecular weight is 334 g/mol. The number of nitrogens with one attached hydrogen (secondary N) is 1. The Labute approximate surface area is 147 Å². The summed E-state index contributed by atoms with van der Waals surface area (Å²) in [5.74, 6) is 1.46. The van der Waals surface area contributed by atoms with E-state index in [4.69, 9.17) is 5.73 Å². The first-order valence-electron chi connectivity index (χ1n) is 8.72. The van der Waals surface area contributed by atoms with E-state index >= 15 is 0 Å². The number of nitrogens with two attached hydrogens (primary N) is 1. The van der Waals surface area contributed by atoms with E-state index in [0.717, 1.165) is 29.0 Å². The highest BCUT2D eigenvalue weighted by Crippen LogP contribution is 2.33. The van der Waals surface area contributed by atoms with Gasteiger partial charge < -0.3 is 16.0 Å². The van der Waals surface area contributed by atoms with E-state index < -0.39 is 0 Å². The van der Waals surface area contributed by atoms with E-state index in [9.17, 15) is 0 Å². The minimum absolute atomic E-state index is 0.445. The third-order valence-electron chi connectivity index (χ3n) is 4.84. The number of hydrogen-bond acceptors (Lipinski definition) is 6. The molecule has 3 N–H and O–H groups in total. The van der Waals surface area contributed by atoms with Crippen molar-refractivity contribution in [1.82, 2.24) is 15.0 Å². The van der Waals surface area contributed by atoms with E-state index in [-0.39, 0.29) is 0 Å². The number of fused-ring (bicyclic) bond motifs is 1. The summed E-state index contributed by atoms with van der Waals surface area (Å²) in [4.78, 5) is 15.5. The molecule has 0 saturated carbocycles. The number of piperidine rings is 1. The van der Waals surface area contributed by atoms with E-state index in [2.05, 4.69) is 32.1 Å². The summed E-state index contributed by atoms with van der Waals surface area (Å²) in [6, 6.07) is 10.4. The van der Waals surface area contributed by atoms with Crippen LogP contribution in [0.25, 0.3) is 10.9 Å². The minimum Gasteiger partial charge on any atom is -0.393 e. The lowest BCUT2D eigenvalue weighted by Crippen LogP contribution is -2.38. The molecular formula is C19H22N6. The second-order valence-electron chi connectivity index (χ2n) is 6.50. The molecule has 4 rings (SSSR count). The van der Waals surface area contributed by atoms with E-state index in [1.807, 2.05) is 30.3 Å². The third-order valence-corrected chi connectivity index (χ3v) is 4.84. The van der Waals surface area contributed by atoms with Crippen LogP contribution in [0.4, 0.5) is 23.0 Å². The highest BCUT2D eigenvalue weighted by atomic mass is 15.2. The van der Waals surface area contributed by atoms with Crippen molar-refractivity contribution in [3.63, 3.8) is 0 Å².